The smallest absolute Gasteiger partial charge is 0.323 e. The average Bonchev–Trinajstić information content (AvgIpc) is 3.78. The van der Waals surface area contributed by atoms with Crippen LogP contribution in [-0.2, 0) is 16.0 Å². The number of carbonyl (C=O) groups is 3. The first-order chi connectivity index (χ1) is 30.3. The number of carbonyl (C=O) groups excluding carboxylic acids is 3. The van der Waals surface area contributed by atoms with E-state index in [0.717, 1.165) is 50.9 Å². The van der Waals surface area contributed by atoms with Crippen molar-refractivity contribution in [2.24, 2.45) is 4.99 Å². The molecule has 3 aromatic carbocycles. The predicted molar refractivity (Wildman–Crippen MR) is 245 cm³/mol. The third-order valence-corrected chi connectivity index (χ3v) is 11.3. The van der Waals surface area contributed by atoms with Gasteiger partial charge in [0.1, 0.15) is 0 Å². The summed E-state index contributed by atoms with van der Waals surface area (Å²) < 4.78 is 0. The van der Waals surface area contributed by atoms with Crippen molar-refractivity contribution >= 4 is 46.6 Å². The fraction of sp³-hybridized carbons (Fsp3) is 0.388. The molecule has 0 bridgehead atoms. The number of allylic oxidation sites excluding steroid dienone is 3. The molecule has 0 saturated carbocycles. The number of aromatic nitrogens is 4. The van der Waals surface area contributed by atoms with Crippen molar-refractivity contribution in [3.05, 3.63) is 125 Å². The van der Waals surface area contributed by atoms with Gasteiger partial charge in [0.25, 0.3) is 5.91 Å². The van der Waals surface area contributed by atoms with Crippen molar-refractivity contribution < 1.29 is 14.4 Å². The molecule has 0 radical (unpaired) electrons. The Labute approximate surface area is 365 Å². The Morgan fingerprint density at radius 3 is 2.23 bits per heavy atom. The van der Waals surface area contributed by atoms with Crippen molar-refractivity contribution in [3.63, 3.8) is 0 Å². The van der Waals surface area contributed by atoms with Crippen LogP contribution in [0.15, 0.2) is 107 Å². The van der Waals surface area contributed by atoms with Crippen LogP contribution in [0.1, 0.15) is 126 Å². The first kappa shape index (κ1) is 44.9. The summed E-state index contributed by atoms with van der Waals surface area (Å²) in [6.07, 6.45) is 19.6. The predicted octanol–water partition coefficient (Wildman–Crippen LogP) is 9.66. The molecule has 1 aromatic heterocycles. The van der Waals surface area contributed by atoms with Crippen LogP contribution < -0.4 is 20.9 Å². The molecule has 2 atom stereocenters. The summed E-state index contributed by atoms with van der Waals surface area (Å²) >= 11 is 0. The molecule has 322 valence electrons. The lowest BCUT2D eigenvalue weighted by Crippen LogP contribution is -2.38. The number of nitrogens with one attached hydrogen (secondary N) is 3. The molecule has 0 aliphatic heterocycles. The Morgan fingerprint density at radius 2 is 1.53 bits per heavy atom. The molecular formula is C49H58N10O3. The van der Waals surface area contributed by atoms with E-state index < -0.39 is 23.8 Å². The molecule has 4 aromatic rings. The topological polar surface area (TPSA) is 170 Å². The number of fused-ring (bicyclic) bond motifs is 1. The number of nitriles is 1. The summed E-state index contributed by atoms with van der Waals surface area (Å²) in [5, 5.41) is 31.1. The van der Waals surface area contributed by atoms with E-state index in [0.29, 0.717) is 29.2 Å². The van der Waals surface area contributed by atoms with E-state index in [1.165, 1.54) is 66.6 Å². The third kappa shape index (κ3) is 12.4. The minimum absolute atomic E-state index is 0.0285. The number of tetrazole rings is 1. The van der Waals surface area contributed by atoms with Crippen LogP contribution in [0.5, 0.6) is 0 Å². The fourth-order valence-corrected chi connectivity index (χ4v) is 7.73. The van der Waals surface area contributed by atoms with Crippen molar-refractivity contribution in [3.8, 4) is 6.07 Å². The van der Waals surface area contributed by atoms with Crippen LogP contribution in [0.2, 0.25) is 0 Å². The van der Waals surface area contributed by atoms with E-state index in [1.807, 2.05) is 42.5 Å². The summed E-state index contributed by atoms with van der Waals surface area (Å²) in [7, 11) is 0. The maximum atomic E-state index is 14.5. The van der Waals surface area contributed by atoms with Gasteiger partial charge in [0.15, 0.2) is 11.9 Å². The fourth-order valence-electron chi connectivity index (χ4n) is 7.73. The monoisotopic (exact) mass is 834 g/mol. The van der Waals surface area contributed by atoms with E-state index in [9.17, 15) is 14.4 Å². The molecule has 6 rings (SSSR count). The summed E-state index contributed by atoms with van der Waals surface area (Å²) in [5.74, 6) is -0.475. The minimum Gasteiger partial charge on any atom is -0.372 e. The number of hydrogen-bond acceptors (Lipinski definition) is 9. The summed E-state index contributed by atoms with van der Waals surface area (Å²) in [6, 6.07) is 22.9. The van der Waals surface area contributed by atoms with Gasteiger partial charge < -0.3 is 20.9 Å². The van der Waals surface area contributed by atoms with E-state index in [1.54, 1.807) is 24.3 Å². The zero-order chi connectivity index (χ0) is 43.7. The summed E-state index contributed by atoms with van der Waals surface area (Å²) in [6.45, 7) is 8.12. The van der Waals surface area contributed by atoms with Gasteiger partial charge >= 0.3 is 6.03 Å². The van der Waals surface area contributed by atoms with Crippen LogP contribution in [0.3, 0.4) is 0 Å². The molecule has 2 aliphatic rings. The maximum Gasteiger partial charge on any atom is 0.323 e. The van der Waals surface area contributed by atoms with Gasteiger partial charge in [0, 0.05) is 36.5 Å². The van der Waals surface area contributed by atoms with Crippen LogP contribution in [0, 0.1) is 11.3 Å². The normalized spacial score (nSPS) is 15.5. The molecule has 13 nitrogen and oxygen atoms in total. The number of rotatable bonds is 21. The molecule has 3 amide bonds. The lowest BCUT2D eigenvalue weighted by Gasteiger charge is -2.21. The van der Waals surface area contributed by atoms with Crippen molar-refractivity contribution in [2.75, 3.05) is 23.3 Å². The molecule has 13 heteroatoms. The second-order valence-corrected chi connectivity index (χ2v) is 15.7. The Bertz CT molecular complexity index is 2310. The van der Waals surface area contributed by atoms with Gasteiger partial charge in [-0.15, -0.1) is 10.2 Å². The molecular weight excluding hydrogens is 777 g/mol. The largest absolute Gasteiger partial charge is 0.372 e. The van der Waals surface area contributed by atoms with Crippen LogP contribution >= 0.6 is 0 Å². The van der Waals surface area contributed by atoms with Gasteiger partial charge in [0.2, 0.25) is 5.78 Å². The molecule has 1 heterocycles. The number of amides is 3. The number of anilines is 2. The third-order valence-electron chi connectivity index (χ3n) is 11.3. The van der Waals surface area contributed by atoms with Crippen molar-refractivity contribution in [1.82, 2.24) is 30.8 Å². The number of aliphatic imine (C=N–C) groups is 1. The molecule has 0 saturated heterocycles. The summed E-state index contributed by atoms with van der Waals surface area (Å²) in [5.41, 5.74) is 5.33. The first-order valence-corrected chi connectivity index (χ1v) is 22.1. The molecule has 3 N–H and O–H groups in total. The molecule has 62 heavy (non-hydrogen) atoms. The second-order valence-electron chi connectivity index (χ2n) is 15.7. The zero-order valence-electron chi connectivity index (χ0n) is 36.1. The van der Waals surface area contributed by atoms with Crippen LogP contribution in [-0.4, -0.2) is 56.7 Å². The number of hydrogen-bond donors (Lipinski definition) is 3. The average molecular weight is 835 g/mol. The first-order valence-electron chi connectivity index (χ1n) is 22.1. The van der Waals surface area contributed by atoms with Gasteiger partial charge in [-0.3, -0.25) is 9.59 Å². The van der Waals surface area contributed by atoms with Gasteiger partial charge in [0.05, 0.1) is 34.4 Å². The van der Waals surface area contributed by atoms with E-state index >= 15 is 0 Å². The van der Waals surface area contributed by atoms with E-state index in [-0.39, 0.29) is 23.0 Å². The lowest BCUT2D eigenvalue weighted by molar-refractivity contribution is -0.124. The number of urea groups is 1. The quantitative estimate of drug-likeness (QED) is 0.0550. The highest BCUT2D eigenvalue weighted by molar-refractivity contribution is 6.24. The second kappa shape index (κ2) is 22.8. The van der Waals surface area contributed by atoms with Crippen LogP contribution in [0.4, 0.5) is 21.9 Å². The molecule has 2 aliphatic carbocycles. The highest BCUT2D eigenvalue weighted by Gasteiger charge is 2.29. The Hall–Kier alpha value is -6.68. The van der Waals surface area contributed by atoms with Gasteiger partial charge in [-0.2, -0.15) is 10.1 Å². The number of unbranched alkanes of at least 4 members (excludes halogenated alkanes) is 9. The van der Waals surface area contributed by atoms with E-state index in [2.05, 4.69) is 76.2 Å². The zero-order valence-corrected chi connectivity index (χ0v) is 36.1. The minimum atomic E-state index is -0.808. The Kier molecular flexibility index (Phi) is 16.5. The van der Waals surface area contributed by atoms with Crippen LogP contribution in [0.25, 0.3) is 6.08 Å². The summed E-state index contributed by atoms with van der Waals surface area (Å²) in [4.78, 5) is 49.7. The van der Waals surface area contributed by atoms with Crippen molar-refractivity contribution in [2.45, 2.75) is 110 Å². The van der Waals surface area contributed by atoms with Gasteiger partial charge in [-0.25, -0.2) is 9.79 Å². The molecule has 0 fully saturated rings. The Balaban J connectivity index is 1.22. The van der Waals surface area contributed by atoms with Gasteiger partial charge in [-0.05, 0) is 97.6 Å². The highest BCUT2D eigenvalue weighted by Crippen LogP contribution is 2.29. The lowest BCUT2D eigenvalue weighted by atomic mass is 9.89. The number of benzene rings is 3. The highest BCUT2D eigenvalue weighted by atomic mass is 16.2. The number of nitrogens with zero attached hydrogens (tertiary/aromatic N) is 7. The Morgan fingerprint density at radius 1 is 0.839 bits per heavy atom. The van der Waals surface area contributed by atoms with Gasteiger partial charge in [-0.1, -0.05) is 108 Å². The van der Waals surface area contributed by atoms with E-state index in [4.69, 9.17) is 15.4 Å². The van der Waals surface area contributed by atoms with Crippen molar-refractivity contribution in [1.29, 1.82) is 5.26 Å². The standard InChI is InChI=1S/C49H58N10O3/c1-4-7-8-9-10-11-12-13-14-15-20-45(59-56-47(55-57-59)38-24-23-36-18-16-17-19-37(36)31-38)48(61)53-43-33-46(60)44(54-49(62)52-40-25-21-35(34-50)22-26-40)32-42(43)51-39-27-29-41(30-28-39)58(5-2)6-3/h16-19,21-30,32-33,38,45H,4-15,20,31H2,1-3H3,(H,53,61)(H2,52,54,62). The molecule has 0 spiro atoms. The maximum absolute atomic E-state index is 14.5. The number of ketones is 1. The molecule has 2 unspecified atom stereocenters. The SMILES string of the molecule is CCCCCCCCCCCCC(C(=O)NC1=CC(=O)C(NC(=O)Nc2ccc(C#N)cc2)=CC1=Nc1ccc(N(CC)CC)cc1)n1nnc(C2C=Cc3ccccc3C2)n1.